The van der Waals surface area contributed by atoms with Gasteiger partial charge in [-0.05, 0) is 54.6 Å². The van der Waals surface area contributed by atoms with Crippen molar-refractivity contribution in [2.24, 2.45) is 5.10 Å². The van der Waals surface area contributed by atoms with E-state index in [0.717, 1.165) is 22.2 Å². The number of nitrogens with one attached hydrogen (secondary N) is 1. The molecule has 0 bridgehead atoms. The molecule has 6 aromatic rings. The highest BCUT2D eigenvalue weighted by atomic mass is 19.4. The molecule has 6 rings (SSSR count). The maximum absolute atomic E-state index is 13.5. The lowest BCUT2D eigenvalue weighted by atomic mass is 10.1. The Bertz CT molecular complexity index is 2080. The number of para-hydroxylation sites is 2. The lowest BCUT2D eigenvalue weighted by molar-refractivity contribution is -0.137. The summed E-state index contributed by atoms with van der Waals surface area (Å²) in [6.07, 6.45) is -1.50. The maximum atomic E-state index is 13.5. The molecule has 11 heteroatoms. The van der Waals surface area contributed by atoms with Gasteiger partial charge in [0.15, 0.2) is 5.82 Å². The minimum atomic E-state index is -4.59. The number of carbonyl (C=O) groups excluding carboxylic acids is 1. The molecule has 0 aliphatic rings. The molecule has 43 heavy (non-hydrogen) atoms. The summed E-state index contributed by atoms with van der Waals surface area (Å²) >= 11 is 0. The van der Waals surface area contributed by atoms with Crippen LogP contribution in [0.1, 0.15) is 11.1 Å². The maximum Gasteiger partial charge on any atom is 0.416 e. The summed E-state index contributed by atoms with van der Waals surface area (Å²) in [5, 5.41) is 8.09. The topological polar surface area (TPSA) is 81.3 Å². The smallest absolute Gasteiger partial charge is 0.337 e. The zero-order chi connectivity index (χ0) is 30.1. The quantitative estimate of drug-likeness (QED) is 0.175. The molecule has 0 saturated heterocycles. The van der Waals surface area contributed by atoms with Crippen LogP contribution >= 0.6 is 0 Å². The minimum Gasteiger partial charge on any atom is -0.337 e. The number of fused-ring (bicyclic) bond motifs is 2. The number of anilines is 1. The van der Waals surface area contributed by atoms with E-state index in [2.05, 4.69) is 15.4 Å². The molecular formula is C32H21F4N5O2. The molecule has 0 aliphatic carbocycles. The molecule has 7 nitrogen and oxygen atoms in total. The Morgan fingerprint density at radius 2 is 1.63 bits per heavy atom. The van der Waals surface area contributed by atoms with Gasteiger partial charge in [0.05, 0.1) is 22.7 Å². The summed E-state index contributed by atoms with van der Waals surface area (Å²) in [6.45, 7) is -0.0707. The summed E-state index contributed by atoms with van der Waals surface area (Å²) in [4.78, 5) is 30.8. The zero-order valence-corrected chi connectivity index (χ0v) is 22.2. The molecule has 0 fully saturated rings. The SMILES string of the molecule is O=C(Cn1cc(C=Nn2c(-c3cccc(C(F)(F)F)c3)nc3ccccc3c2=O)c2ccccc21)Nc1ccc(F)cc1. The van der Waals surface area contributed by atoms with Crippen LogP contribution in [-0.4, -0.2) is 26.3 Å². The summed E-state index contributed by atoms with van der Waals surface area (Å²) in [5.74, 6) is -0.832. The standard InChI is InChI=1S/C32H21F4N5O2/c33-23-12-14-24(15-13-23)38-29(42)19-40-18-21(25-8-2-4-11-28(25)40)17-37-41-30(20-6-5-7-22(16-20)32(34,35)36)39-27-10-3-1-9-26(27)31(41)43/h1-18H,19H2,(H,38,42). The predicted octanol–water partition coefficient (Wildman–Crippen LogP) is 6.70. The van der Waals surface area contributed by atoms with Crippen LogP contribution in [0.5, 0.6) is 0 Å². The number of amides is 1. The van der Waals surface area contributed by atoms with Crippen molar-refractivity contribution in [3.63, 3.8) is 0 Å². The number of rotatable bonds is 6. The van der Waals surface area contributed by atoms with Crippen LogP contribution in [0, 0.1) is 5.82 Å². The highest BCUT2D eigenvalue weighted by molar-refractivity contribution is 6.00. The van der Waals surface area contributed by atoms with Gasteiger partial charge in [-0.15, -0.1) is 0 Å². The fourth-order valence-corrected chi connectivity index (χ4v) is 4.77. The van der Waals surface area contributed by atoms with Crippen LogP contribution in [0.2, 0.25) is 0 Å². The van der Waals surface area contributed by atoms with Gasteiger partial charge in [0.25, 0.3) is 5.56 Å². The second kappa shape index (κ2) is 11.0. The van der Waals surface area contributed by atoms with Gasteiger partial charge in [-0.1, -0.05) is 42.5 Å². The van der Waals surface area contributed by atoms with E-state index in [9.17, 15) is 27.2 Å². The van der Waals surface area contributed by atoms with Crippen molar-refractivity contribution in [3.8, 4) is 11.4 Å². The highest BCUT2D eigenvalue weighted by Gasteiger charge is 2.31. The van der Waals surface area contributed by atoms with Gasteiger partial charge in [0.2, 0.25) is 5.91 Å². The van der Waals surface area contributed by atoms with Crippen molar-refractivity contribution >= 4 is 39.6 Å². The molecule has 1 N–H and O–H groups in total. The van der Waals surface area contributed by atoms with E-state index in [1.165, 1.54) is 42.6 Å². The Kier molecular flexibility index (Phi) is 7.06. The monoisotopic (exact) mass is 583 g/mol. The van der Waals surface area contributed by atoms with Gasteiger partial charge >= 0.3 is 6.18 Å². The number of halogens is 4. The number of nitrogens with zero attached hydrogens (tertiary/aromatic N) is 4. The summed E-state index contributed by atoms with van der Waals surface area (Å²) in [7, 11) is 0. The first-order valence-corrected chi connectivity index (χ1v) is 13.0. The van der Waals surface area contributed by atoms with Gasteiger partial charge < -0.3 is 9.88 Å². The first kappa shape index (κ1) is 27.6. The van der Waals surface area contributed by atoms with Crippen LogP contribution in [-0.2, 0) is 17.5 Å². The van der Waals surface area contributed by atoms with Crippen LogP contribution in [0.4, 0.5) is 23.2 Å². The molecule has 0 unspecified atom stereocenters. The molecule has 0 aliphatic heterocycles. The van der Waals surface area contributed by atoms with Gasteiger partial charge in [0, 0.05) is 33.9 Å². The minimum absolute atomic E-state index is 0.0616. The Hall–Kier alpha value is -5.58. The van der Waals surface area contributed by atoms with Crippen LogP contribution in [0.3, 0.4) is 0 Å². The van der Waals surface area contributed by atoms with Crippen LogP contribution < -0.4 is 10.9 Å². The number of carbonyl (C=O) groups is 1. The number of alkyl halides is 3. The van der Waals surface area contributed by atoms with Gasteiger partial charge in [-0.3, -0.25) is 9.59 Å². The number of benzene rings is 4. The molecule has 2 heterocycles. The Balaban J connectivity index is 1.41. The first-order valence-electron chi connectivity index (χ1n) is 13.0. The molecule has 0 atom stereocenters. The van der Waals surface area contributed by atoms with E-state index in [0.29, 0.717) is 22.3 Å². The first-order chi connectivity index (χ1) is 20.7. The fraction of sp³-hybridized carbons (Fsp3) is 0.0625. The molecule has 4 aromatic carbocycles. The Morgan fingerprint density at radius 1 is 0.907 bits per heavy atom. The lowest BCUT2D eigenvalue weighted by Gasteiger charge is -2.12. The van der Waals surface area contributed by atoms with E-state index in [1.807, 2.05) is 12.1 Å². The summed E-state index contributed by atoms with van der Waals surface area (Å²) in [5.41, 5.74) is 0.641. The van der Waals surface area contributed by atoms with Crippen LogP contribution in [0.25, 0.3) is 33.2 Å². The third-order valence-corrected chi connectivity index (χ3v) is 6.78. The van der Waals surface area contributed by atoms with E-state index >= 15 is 0 Å². The zero-order valence-electron chi connectivity index (χ0n) is 22.2. The molecule has 1 amide bonds. The highest BCUT2D eigenvalue weighted by Crippen LogP contribution is 2.32. The van der Waals surface area contributed by atoms with E-state index in [-0.39, 0.29) is 29.2 Å². The Morgan fingerprint density at radius 3 is 2.40 bits per heavy atom. The number of hydrogen-bond acceptors (Lipinski definition) is 4. The van der Waals surface area contributed by atoms with Gasteiger partial charge in [-0.25, -0.2) is 9.37 Å². The van der Waals surface area contributed by atoms with E-state index in [4.69, 9.17) is 0 Å². The largest absolute Gasteiger partial charge is 0.416 e. The molecule has 0 radical (unpaired) electrons. The van der Waals surface area contributed by atoms with Crippen molar-refractivity contribution in [2.45, 2.75) is 12.7 Å². The number of aromatic nitrogens is 3. The van der Waals surface area contributed by atoms with E-state index < -0.39 is 23.1 Å². The second-order valence-corrected chi connectivity index (χ2v) is 9.68. The molecule has 0 spiro atoms. The van der Waals surface area contributed by atoms with Crippen molar-refractivity contribution < 1.29 is 22.4 Å². The van der Waals surface area contributed by atoms with Crippen molar-refractivity contribution in [1.82, 2.24) is 14.2 Å². The van der Waals surface area contributed by atoms with Crippen molar-refractivity contribution in [1.29, 1.82) is 0 Å². The summed E-state index contributed by atoms with van der Waals surface area (Å²) in [6, 6.07) is 23.7. The van der Waals surface area contributed by atoms with Gasteiger partial charge in [-0.2, -0.15) is 22.9 Å². The second-order valence-electron chi connectivity index (χ2n) is 9.68. The number of hydrogen-bond donors (Lipinski definition) is 1. The normalized spacial score (nSPS) is 11.9. The average molecular weight is 584 g/mol. The molecular weight excluding hydrogens is 562 g/mol. The third-order valence-electron chi connectivity index (χ3n) is 6.78. The lowest BCUT2D eigenvalue weighted by Crippen LogP contribution is -2.20. The van der Waals surface area contributed by atoms with Crippen molar-refractivity contribution in [2.75, 3.05) is 5.32 Å². The van der Waals surface area contributed by atoms with Gasteiger partial charge in [0.1, 0.15) is 12.4 Å². The Labute approximate surface area is 241 Å². The molecule has 2 aromatic heterocycles. The average Bonchev–Trinajstić information content (AvgIpc) is 3.34. The molecule has 214 valence electrons. The van der Waals surface area contributed by atoms with Crippen molar-refractivity contribution in [3.05, 3.63) is 131 Å². The fourth-order valence-electron chi connectivity index (χ4n) is 4.77. The van der Waals surface area contributed by atoms with Crippen LogP contribution in [0.15, 0.2) is 113 Å². The summed E-state index contributed by atoms with van der Waals surface area (Å²) < 4.78 is 56.4. The van der Waals surface area contributed by atoms with E-state index in [1.54, 1.807) is 47.2 Å². The molecule has 0 saturated carbocycles. The predicted molar refractivity (Wildman–Crippen MR) is 156 cm³/mol. The third kappa shape index (κ3) is 5.65.